The van der Waals surface area contributed by atoms with Crippen molar-refractivity contribution >= 4 is 10.8 Å². The highest BCUT2D eigenvalue weighted by Crippen LogP contribution is 2.31. The first kappa shape index (κ1) is 15.3. The Labute approximate surface area is 132 Å². The molecule has 0 radical (unpaired) electrons. The molecule has 0 unspecified atom stereocenters. The lowest BCUT2D eigenvalue weighted by Crippen LogP contribution is -2.45. The summed E-state index contributed by atoms with van der Waals surface area (Å²) in [6.45, 7) is 8.99. The molecule has 0 aromatic heterocycles. The van der Waals surface area contributed by atoms with Crippen LogP contribution in [0.2, 0.25) is 0 Å². The van der Waals surface area contributed by atoms with Crippen LogP contribution in [0.1, 0.15) is 31.9 Å². The second-order valence-electron chi connectivity index (χ2n) is 6.72. The van der Waals surface area contributed by atoms with Crippen LogP contribution in [0.15, 0.2) is 36.4 Å². The van der Waals surface area contributed by atoms with Crippen molar-refractivity contribution in [1.29, 1.82) is 0 Å². The van der Waals surface area contributed by atoms with Crippen LogP contribution in [-0.2, 0) is 0 Å². The zero-order chi connectivity index (χ0) is 15.5. The van der Waals surface area contributed by atoms with Gasteiger partial charge in [-0.15, -0.1) is 0 Å². The number of benzene rings is 2. The normalized spacial score (nSPS) is 18.0. The maximum absolute atomic E-state index is 9.62. The highest BCUT2D eigenvalue weighted by atomic mass is 16.3. The topological polar surface area (TPSA) is 35.5 Å². The van der Waals surface area contributed by atoms with E-state index in [1.165, 1.54) is 17.4 Å². The molecule has 0 amide bonds. The fourth-order valence-electron chi connectivity index (χ4n) is 3.40. The van der Waals surface area contributed by atoms with Gasteiger partial charge in [-0.05, 0) is 46.9 Å². The van der Waals surface area contributed by atoms with Gasteiger partial charge in [0.25, 0.3) is 0 Å². The van der Waals surface area contributed by atoms with Crippen molar-refractivity contribution in [2.45, 2.75) is 26.3 Å². The summed E-state index contributed by atoms with van der Waals surface area (Å²) < 4.78 is 0. The number of nitrogens with zero attached hydrogens (tertiary/aromatic N) is 1. The van der Waals surface area contributed by atoms with Gasteiger partial charge in [0, 0.05) is 32.2 Å². The Morgan fingerprint density at radius 3 is 2.45 bits per heavy atom. The minimum absolute atomic E-state index is 0.334. The number of piperazine rings is 1. The number of phenols is 1. The summed E-state index contributed by atoms with van der Waals surface area (Å²) in [5, 5.41) is 15.4. The summed E-state index contributed by atoms with van der Waals surface area (Å²) in [5.74, 6) is 1.01. The molecule has 2 aromatic carbocycles. The molecule has 2 aromatic rings. The zero-order valence-electron chi connectivity index (χ0n) is 13.5. The summed E-state index contributed by atoms with van der Waals surface area (Å²) in [5.41, 5.74) is 1.40. The van der Waals surface area contributed by atoms with Gasteiger partial charge in [0.1, 0.15) is 5.75 Å². The molecule has 1 atom stereocenters. The molecule has 1 saturated heterocycles. The second-order valence-corrected chi connectivity index (χ2v) is 6.72. The average Bonchev–Trinajstić information content (AvgIpc) is 2.53. The van der Waals surface area contributed by atoms with Gasteiger partial charge in [0.15, 0.2) is 0 Å². The molecule has 0 bridgehead atoms. The highest BCUT2D eigenvalue weighted by molar-refractivity contribution is 5.84. The Morgan fingerprint density at radius 1 is 1.05 bits per heavy atom. The molecule has 0 spiro atoms. The molecular weight excluding hydrogens is 272 g/mol. The molecule has 1 aliphatic heterocycles. The van der Waals surface area contributed by atoms with Crippen LogP contribution < -0.4 is 5.32 Å². The molecule has 1 fully saturated rings. The van der Waals surface area contributed by atoms with Gasteiger partial charge in [-0.3, -0.25) is 4.90 Å². The smallest absolute Gasteiger partial charge is 0.116 e. The van der Waals surface area contributed by atoms with Crippen LogP contribution in [0.3, 0.4) is 0 Å². The zero-order valence-corrected chi connectivity index (χ0v) is 13.5. The van der Waals surface area contributed by atoms with Crippen molar-refractivity contribution in [3.8, 4) is 5.75 Å². The Morgan fingerprint density at radius 2 is 1.73 bits per heavy atom. The van der Waals surface area contributed by atoms with E-state index < -0.39 is 0 Å². The van der Waals surface area contributed by atoms with E-state index in [2.05, 4.69) is 42.3 Å². The van der Waals surface area contributed by atoms with E-state index in [1.807, 2.05) is 12.1 Å². The average molecular weight is 298 g/mol. The summed E-state index contributed by atoms with van der Waals surface area (Å²) >= 11 is 0. The second kappa shape index (κ2) is 6.67. The molecular formula is C19H26N2O. The maximum atomic E-state index is 9.62. The predicted octanol–water partition coefficient (Wildman–Crippen LogP) is 3.54. The maximum Gasteiger partial charge on any atom is 0.116 e. The van der Waals surface area contributed by atoms with Gasteiger partial charge in [-0.2, -0.15) is 0 Å². The lowest BCUT2D eigenvalue weighted by atomic mass is 9.93. The van der Waals surface area contributed by atoms with Gasteiger partial charge in [-0.25, -0.2) is 0 Å². The van der Waals surface area contributed by atoms with E-state index in [0.717, 1.165) is 31.6 Å². The number of aromatic hydroxyl groups is 1. The van der Waals surface area contributed by atoms with Gasteiger partial charge in [0.05, 0.1) is 0 Å². The number of phenolic OH excluding ortho intramolecular Hbond substituents is 1. The van der Waals surface area contributed by atoms with Crippen molar-refractivity contribution in [2.75, 3.05) is 26.2 Å². The summed E-state index contributed by atoms with van der Waals surface area (Å²) in [7, 11) is 0. The number of fused-ring (bicyclic) bond motifs is 1. The first-order chi connectivity index (χ1) is 10.6. The van der Waals surface area contributed by atoms with Crippen LogP contribution in [0, 0.1) is 5.92 Å². The predicted molar refractivity (Wildman–Crippen MR) is 92.3 cm³/mol. The first-order valence-corrected chi connectivity index (χ1v) is 8.31. The van der Waals surface area contributed by atoms with Gasteiger partial charge in [-0.1, -0.05) is 32.0 Å². The monoisotopic (exact) mass is 298 g/mol. The number of rotatable bonds is 4. The fraction of sp³-hybridized carbons (Fsp3) is 0.474. The van der Waals surface area contributed by atoms with Gasteiger partial charge in [0.2, 0.25) is 0 Å². The fourth-order valence-corrected chi connectivity index (χ4v) is 3.40. The Balaban J connectivity index is 1.93. The molecule has 118 valence electrons. The Bertz CT molecular complexity index is 632. The van der Waals surface area contributed by atoms with Crippen molar-refractivity contribution in [1.82, 2.24) is 10.2 Å². The summed E-state index contributed by atoms with van der Waals surface area (Å²) in [6, 6.07) is 12.8. The van der Waals surface area contributed by atoms with Crippen LogP contribution in [0.25, 0.3) is 10.8 Å². The van der Waals surface area contributed by atoms with E-state index in [0.29, 0.717) is 17.7 Å². The molecule has 2 N–H and O–H groups in total. The van der Waals surface area contributed by atoms with Gasteiger partial charge >= 0.3 is 0 Å². The van der Waals surface area contributed by atoms with Crippen LogP contribution in [0.4, 0.5) is 0 Å². The van der Waals surface area contributed by atoms with Crippen molar-refractivity contribution in [3.63, 3.8) is 0 Å². The molecule has 3 heteroatoms. The molecule has 3 rings (SSSR count). The third-order valence-corrected chi connectivity index (χ3v) is 4.52. The largest absolute Gasteiger partial charge is 0.508 e. The minimum Gasteiger partial charge on any atom is -0.508 e. The quantitative estimate of drug-likeness (QED) is 0.906. The first-order valence-electron chi connectivity index (χ1n) is 8.31. The number of hydrogen-bond acceptors (Lipinski definition) is 3. The van der Waals surface area contributed by atoms with Crippen LogP contribution in [-0.4, -0.2) is 36.2 Å². The van der Waals surface area contributed by atoms with E-state index in [9.17, 15) is 5.11 Å². The van der Waals surface area contributed by atoms with E-state index in [-0.39, 0.29) is 0 Å². The van der Waals surface area contributed by atoms with E-state index in [1.54, 1.807) is 6.07 Å². The highest BCUT2D eigenvalue weighted by Gasteiger charge is 2.23. The van der Waals surface area contributed by atoms with Crippen LogP contribution >= 0.6 is 0 Å². The van der Waals surface area contributed by atoms with Crippen molar-refractivity contribution < 1.29 is 5.11 Å². The van der Waals surface area contributed by atoms with Gasteiger partial charge < -0.3 is 10.4 Å². The Kier molecular flexibility index (Phi) is 4.65. The molecule has 3 nitrogen and oxygen atoms in total. The van der Waals surface area contributed by atoms with Crippen LogP contribution in [0.5, 0.6) is 5.75 Å². The third-order valence-electron chi connectivity index (χ3n) is 4.52. The lowest BCUT2D eigenvalue weighted by molar-refractivity contribution is 0.154. The Hall–Kier alpha value is -1.58. The van der Waals surface area contributed by atoms with Crippen molar-refractivity contribution in [2.24, 2.45) is 5.92 Å². The molecule has 0 aliphatic carbocycles. The SMILES string of the molecule is CC(C)C[C@H](c1ccc2cc(O)ccc2c1)N1CCNCC1. The summed E-state index contributed by atoms with van der Waals surface area (Å²) in [4.78, 5) is 2.61. The van der Waals surface area contributed by atoms with Crippen molar-refractivity contribution in [3.05, 3.63) is 42.0 Å². The molecule has 22 heavy (non-hydrogen) atoms. The third kappa shape index (κ3) is 3.42. The molecule has 1 aliphatic rings. The number of hydrogen-bond donors (Lipinski definition) is 2. The lowest BCUT2D eigenvalue weighted by Gasteiger charge is -2.36. The van der Waals surface area contributed by atoms with E-state index >= 15 is 0 Å². The molecule has 1 heterocycles. The summed E-state index contributed by atoms with van der Waals surface area (Å²) in [6.07, 6.45) is 1.18. The number of nitrogens with one attached hydrogen (secondary N) is 1. The minimum atomic E-state index is 0.334. The van der Waals surface area contributed by atoms with E-state index in [4.69, 9.17) is 0 Å². The molecule has 0 saturated carbocycles. The standard InChI is InChI=1S/C19H26N2O/c1-14(2)11-19(21-9-7-20-8-10-21)17-4-3-16-13-18(22)6-5-15(16)12-17/h3-6,12-14,19-20,22H,7-11H2,1-2H3/t19-/m1/s1.